The number of anilines is 1. The van der Waals surface area contributed by atoms with Gasteiger partial charge < -0.3 is 19.9 Å². The van der Waals surface area contributed by atoms with E-state index >= 15 is 0 Å². The summed E-state index contributed by atoms with van der Waals surface area (Å²) in [5.41, 5.74) is 2.88. The number of benzene rings is 2. The molecule has 132 valence electrons. The van der Waals surface area contributed by atoms with E-state index in [2.05, 4.69) is 17.5 Å². The summed E-state index contributed by atoms with van der Waals surface area (Å²) in [6, 6.07) is 9.19. The lowest BCUT2D eigenvalue weighted by molar-refractivity contribution is 0.0695. The summed E-state index contributed by atoms with van der Waals surface area (Å²) in [6.07, 6.45) is 5.10. The third-order valence-corrected chi connectivity index (χ3v) is 5.77. The molecule has 0 bridgehead atoms. The number of nitrogens with one attached hydrogen (secondary N) is 1. The summed E-state index contributed by atoms with van der Waals surface area (Å²) in [5.74, 6) is 0.798. The largest absolute Gasteiger partial charge is 0.478 e. The van der Waals surface area contributed by atoms with Crippen molar-refractivity contribution in [2.24, 2.45) is 5.92 Å². The van der Waals surface area contributed by atoms with E-state index in [1.807, 2.05) is 18.2 Å². The van der Waals surface area contributed by atoms with Gasteiger partial charge in [-0.05, 0) is 47.7 Å². The summed E-state index contributed by atoms with van der Waals surface area (Å²) in [7, 11) is 0. The molecule has 0 amide bonds. The zero-order valence-electron chi connectivity index (χ0n) is 13.7. The number of aromatic carboxylic acids is 1. The fourth-order valence-corrected chi connectivity index (χ4v) is 4.52. The molecule has 0 radical (unpaired) electrons. The molecule has 3 atom stereocenters. The van der Waals surface area contributed by atoms with Crippen LogP contribution in [0.2, 0.25) is 5.02 Å². The van der Waals surface area contributed by atoms with Crippen LogP contribution >= 0.6 is 11.6 Å². The van der Waals surface area contributed by atoms with E-state index in [0.717, 1.165) is 29.0 Å². The Morgan fingerprint density at radius 3 is 2.88 bits per heavy atom. The smallest absolute Gasteiger partial charge is 0.336 e. The van der Waals surface area contributed by atoms with Gasteiger partial charge >= 0.3 is 5.97 Å². The van der Waals surface area contributed by atoms with Crippen LogP contribution in [0.25, 0.3) is 0 Å². The highest BCUT2D eigenvalue weighted by Gasteiger charge is 2.41. The predicted molar refractivity (Wildman–Crippen MR) is 97.3 cm³/mol. The lowest BCUT2D eigenvalue weighted by Crippen LogP contribution is -2.30. The molecule has 26 heavy (non-hydrogen) atoms. The molecule has 2 aliphatic heterocycles. The fraction of sp³-hybridized carbons (Fsp3) is 0.250. The zero-order valence-corrected chi connectivity index (χ0v) is 14.5. The highest BCUT2D eigenvalue weighted by Crippen LogP contribution is 2.53. The summed E-state index contributed by atoms with van der Waals surface area (Å²) in [6.45, 7) is 0.237. The van der Waals surface area contributed by atoms with E-state index in [9.17, 15) is 9.90 Å². The maximum absolute atomic E-state index is 11.7. The van der Waals surface area contributed by atoms with E-state index in [4.69, 9.17) is 21.1 Å². The number of ether oxygens (including phenoxy) is 2. The van der Waals surface area contributed by atoms with Crippen LogP contribution in [-0.4, -0.2) is 17.9 Å². The van der Waals surface area contributed by atoms with Crippen LogP contribution in [0.3, 0.4) is 0 Å². The van der Waals surface area contributed by atoms with Gasteiger partial charge in [0.25, 0.3) is 0 Å². The molecule has 5 rings (SSSR count). The van der Waals surface area contributed by atoms with Gasteiger partial charge in [-0.25, -0.2) is 4.79 Å². The highest BCUT2D eigenvalue weighted by molar-refractivity contribution is 6.33. The topological polar surface area (TPSA) is 67.8 Å². The Balaban J connectivity index is 1.64. The second-order valence-electron chi connectivity index (χ2n) is 6.78. The van der Waals surface area contributed by atoms with E-state index in [-0.39, 0.29) is 24.7 Å². The van der Waals surface area contributed by atoms with E-state index in [1.165, 1.54) is 0 Å². The highest BCUT2D eigenvalue weighted by atomic mass is 35.5. The van der Waals surface area contributed by atoms with Gasteiger partial charge in [0.15, 0.2) is 11.5 Å². The average Bonchev–Trinajstić information content (AvgIpc) is 3.29. The second kappa shape index (κ2) is 5.68. The number of halogens is 1. The van der Waals surface area contributed by atoms with Crippen molar-refractivity contribution in [3.63, 3.8) is 0 Å². The number of carboxylic acid groups (broad SMARTS) is 1. The number of fused-ring (bicyclic) bond motifs is 4. The van der Waals surface area contributed by atoms with Crippen molar-refractivity contribution in [3.05, 3.63) is 64.2 Å². The van der Waals surface area contributed by atoms with Crippen molar-refractivity contribution in [3.8, 4) is 11.5 Å². The van der Waals surface area contributed by atoms with Crippen LogP contribution in [0.15, 0.2) is 42.5 Å². The lowest BCUT2D eigenvalue weighted by atomic mass is 9.75. The molecule has 0 spiro atoms. The third-order valence-electron chi connectivity index (χ3n) is 5.46. The second-order valence-corrected chi connectivity index (χ2v) is 7.18. The Kier molecular flexibility index (Phi) is 3.40. The summed E-state index contributed by atoms with van der Waals surface area (Å²) in [5, 5.41) is 13.7. The Bertz CT molecular complexity index is 955. The minimum Gasteiger partial charge on any atom is -0.478 e. The van der Waals surface area contributed by atoms with E-state index < -0.39 is 5.97 Å². The molecule has 3 aliphatic rings. The average molecular weight is 370 g/mol. The quantitative estimate of drug-likeness (QED) is 0.757. The summed E-state index contributed by atoms with van der Waals surface area (Å²) in [4.78, 5) is 11.7. The monoisotopic (exact) mass is 369 g/mol. The number of carbonyl (C=O) groups is 1. The van der Waals surface area contributed by atoms with Gasteiger partial charge in [0.2, 0.25) is 6.79 Å². The number of allylic oxidation sites excluding steroid dienone is 2. The number of carboxylic acids is 1. The lowest BCUT2D eigenvalue weighted by Gasteiger charge is -2.38. The van der Waals surface area contributed by atoms with Crippen molar-refractivity contribution >= 4 is 23.3 Å². The number of hydrogen-bond donors (Lipinski definition) is 2. The first-order valence-electron chi connectivity index (χ1n) is 8.52. The molecule has 6 heteroatoms. The molecule has 0 saturated carbocycles. The molecule has 0 aromatic heterocycles. The zero-order chi connectivity index (χ0) is 17.8. The Morgan fingerprint density at radius 1 is 1.19 bits per heavy atom. The maximum Gasteiger partial charge on any atom is 0.336 e. The van der Waals surface area contributed by atoms with Gasteiger partial charge in [-0.1, -0.05) is 29.8 Å². The van der Waals surface area contributed by atoms with E-state index in [0.29, 0.717) is 16.3 Å². The van der Waals surface area contributed by atoms with Crippen LogP contribution in [0.4, 0.5) is 5.69 Å². The molecular formula is C20H16ClNO4. The molecular weight excluding hydrogens is 354 g/mol. The van der Waals surface area contributed by atoms with Gasteiger partial charge in [-0.3, -0.25) is 0 Å². The van der Waals surface area contributed by atoms with Crippen molar-refractivity contribution in [2.75, 3.05) is 12.1 Å². The van der Waals surface area contributed by atoms with Gasteiger partial charge in [0, 0.05) is 5.92 Å². The van der Waals surface area contributed by atoms with Crippen LogP contribution in [0, 0.1) is 5.92 Å². The first-order valence-corrected chi connectivity index (χ1v) is 8.89. The minimum absolute atomic E-state index is 0.0125. The normalized spacial score (nSPS) is 24.7. The fourth-order valence-electron chi connectivity index (χ4n) is 4.30. The van der Waals surface area contributed by atoms with Crippen LogP contribution in [0.1, 0.15) is 39.9 Å². The predicted octanol–water partition coefficient (Wildman–Crippen LogP) is 4.59. The molecule has 2 heterocycles. The molecule has 5 nitrogen and oxygen atoms in total. The Hall–Kier alpha value is -2.66. The van der Waals surface area contributed by atoms with Crippen LogP contribution in [0.5, 0.6) is 11.5 Å². The third kappa shape index (κ3) is 2.20. The van der Waals surface area contributed by atoms with Crippen LogP contribution < -0.4 is 14.8 Å². The molecule has 0 unspecified atom stereocenters. The minimum atomic E-state index is -0.930. The molecule has 2 aromatic rings. The molecule has 1 aliphatic carbocycles. The summed E-state index contributed by atoms with van der Waals surface area (Å²) < 4.78 is 10.9. The van der Waals surface area contributed by atoms with Crippen molar-refractivity contribution < 1.29 is 19.4 Å². The standard InChI is InChI=1S/C20H16ClNO4/c21-14-6-5-13(20(23)24)17-11-2-1-3-12(11)18(22-19(14)17)10-4-7-15-16(8-10)26-9-25-15/h1-2,4-8,11-12,18,22H,3,9H2,(H,23,24)/t11-,12-,18+/m0/s1. The molecule has 2 aromatic carbocycles. The number of rotatable bonds is 2. The van der Waals surface area contributed by atoms with Crippen LogP contribution in [-0.2, 0) is 0 Å². The summed E-state index contributed by atoms with van der Waals surface area (Å²) >= 11 is 6.43. The van der Waals surface area contributed by atoms with Gasteiger partial charge in [-0.15, -0.1) is 0 Å². The van der Waals surface area contributed by atoms with E-state index in [1.54, 1.807) is 12.1 Å². The molecule has 2 N–H and O–H groups in total. The van der Waals surface area contributed by atoms with Gasteiger partial charge in [0.1, 0.15) is 0 Å². The van der Waals surface area contributed by atoms with Gasteiger partial charge in [0.05, 0.1) is 22.3 Å². The SMILES string of the molecule is O=C(O)c1ccc(Cl)c2c1[C@H]1C=CC[C@@H]1[C@@H](c1ccc3c(c1)OCO3)N2. The van der Waals surface area contributed by atoms with Crippen molar-refractivity contribution in [1.29, 1.82) is 0 Å². The Labute approximate surface area is 155 Å². The number of hydrogen-bond acceptors (Lipinski definition) is 4. The first-order chi connectivity index (χ1) is 12.6. The first kappa shape index (κ1) is 15.6. The maximum atomic E-state index is 11.7. The molecule has 0 fully saturated rings. The van der Waals surface area contributed by atoms with Crippen molar-refractivity contribution in [2.45, 2.75) is 18.4 Å². The van der Waals surface area contributed by atoms with Gasteiger partial charge in [-0.2, -0.15) is 0 Å². The van der Waals surface area contributed by atoms with Crippen molar-refractivity contribution in [1.82, 2.24) is 0 Å². The molecule has 0 saturated heterocycles. The Morgan fingerprint density at radius 2 is 2.04 bits per heavy atom.